The largest absolute Gasteiger partial charge is 0.338 e. The highest BCUT2D eigenvalue weighted by atomic mass is 32.2. The number of carbonyl (C=O) groups is 1. The first-order chi connectivity index (χ1) is 10.0. The van der Waals surface area contributed by atoms with Gasteiger partial charge in [0.15, 0.2) is 9.84 Å². The molecule has 0 aromatic heterocycles. The number of carbonyl (C=O) groups excluding carboxylic acids is 1. The Balaban J connectivity index is 1.70. The van der Waals surface area contributed by atoms with Crippen molar-refractivity contribution in [3.63, 3.8) is 0 Å². The summed E-state index contributed by atoms with van der Waals surface area (Å²) in [6.07, 6.45) is 5.04. The highest BCUT2D eigenvalue weighted by Crippen LogP contribution is 2.32. The summed E-state index contributed by atoms with van der Waals surface area (Å²) >= 11 is 0. The molecule has 3 rings (SSSR count). The Morgan fingerprint density at radius 2 is 1.81 bits per heavy atom. The third kappa shape index (κ3) is 2.97. The van der Waals surface area contributed by atoms with Gasteiger partial charge in [0.25, 0.3) is 0 Å². The summed E-state index contributed by atoms with van der Waals surface area (Å²) in [5, 5.41) is 0. The van der Waals surface area contributed by atoms with E-state index >= 15 is 0 Å². The predicted molar refractivity (Wildman–Crippen MR) is 81.8 cm³/mol. The summed E-state index contributed by atoms with van der Waals surface area (Å²) in [4.78, 5) is 17.2. The fourth-order valence-electron chi connectivity index (χ4n) is 4.37. The average molecular weight is 314 g/mol. The average Bonchev–Trinajstić information content (AvgIpc) is 3.14. The fourth-order valence-corrected chi connectivity index (χ4v) is 6.10. The molecule has 0 spiro atoms. The summed E-state index contributed by atoms with van der Waals surface area (Å²) in [7, 11) is -2.98. The van der Waals surface area contributed by atoms with Gasteiger partial charge in [-0.25, -0.2) is 8.42 Å². The first-order valence-corrected chi connectivity index (χ1v) is 10.1. The number of nitrogens with zero attached hydrogens (tertiary/aromatic N) is 2. The molecule has 0 unspecified atom stereocenters. The minimum absolute atomic E-state index is 0.0667. The van der Waals surface area contributed by atoms with Crippen molar-refractivity contribution in [3.05, 3.63) is 0 Å². The molecule has 3 aliphatic rings. The van der Waals surface area contributed by atoms with Gasteiger partial charge >= 0.3 is 0 Å². The topological polar surface area (TPSA) is 57.7 Å². The van der Waals surface area contributed by atoms with Gasteiger partial charge in [-0.15, -0.1) is 0 Å². The van der Waals surface area contributed by atoms with E-state index in [0.717, 1.165) is 32.5 Å². The van der Waals surface area contributed by atoms with Crippen molar-refractivity contribution in [3.8, 4) is 0 Å². The van der Waals surface area contributed by atoms with Crippen LogP contribution in [0.3, 0.4) is 0 Å². The summed E-state index contributed by atoms with van der Waals surface area (Å²) in [5.41, 5.74) is 0. The molecule has 0 bridgehead atoms. The van der Waals surface area contributed by atoms with Crippen LogP contribution >= 0.6 is 0 Å². The molecule has 5 nitrogen and oxygen atoms in total. The van der Waals surface area contributed by atoms with E-state index in [1.165, 1.54) is 12.8 Å². The number of likely N-dealkylation sites (N-methyl/N-ethyl adjacent to an activating group) is 1. The maximum absolute atomic E-state index is 12.7. The number of amides is 1. The zero-order valence-corrected chi connectivity index (χ0v) is 13.6. The molecular formula is C15H26N2O3S. The van der Waals surface area contributed by atoms with Crippen molar-refractivity contribution >= 4 is 15.7 Å². The van der Waals surface area contributed by atoms with Gasteiger partial charge in [0.2, 0.25) is 5.91 Å². The quantitative estimate of drug-likeness (QED) is 0.776. The van der Waals surface area contributed by atoms with Gasteiger partial charge in [0, 0.05) is 18.6 Å². The number of hydrogen-bond acceptors (Lipinski definition) is 4. The van der Waals surface area contributed by atoms with Crippen LogP contribution in [0.25, 0.3) is 0 Å². The Hall–Kier alpha value is -0.620. The third-order valence-corrected chi connectivity index (χ3v) is 7.20. The van der Waals surface area contributed by atoms with Gasteiger partial charge in [0.05, 0.1) is 17.4 Å². The smallest absolute Gasteiger partial charge is 0.227 e. The lowest BCUT2D eigenvalue weighted by atomic mass is 10.0. The summed E-state index contributed by atoms with van der Waals surface area (Å²) in [5.74, 6) is 0.0671. The SMILES string of the molecule is CCN1CCC[C@@H]1[C@@H]1CCCN1C(=O)[C@H]1CCS(=O)(=O)C1. The van der Waals surface area contributed by atoms with Gasteiger partial charge in [0.1, 0.15) is 0 Å². The molecular weight excluding hydrogens is 288 g/mol. The van der Waals surface area contributed by atoms with Gasteiger partial charge in [-0.1, -0.05) is 6.92 Å². The van der Waals surface area contributed by atoms with E-state index < -0.39 is 9.84 Å². The van der Waals surface area contributed by atoms with Crippen molar-refractivity contribution in [2.24, 2.45) is 5.92 Å². The van der Waals surface area contributed by atoms with Crippen LogP contribution in [0.15, 0.2) is 0 Å². The van der Waals surface area contributed by atoms with E-state index in [4.69, 9.17) is 0 Å². The van der Waals surface area contributed by atoms with Crippen molar-refractivity contribution in [1.82, 2.24) is 9.80 Å². The predicted octanol–water partition coefficient (Wildman–Crippen LogP) is 0.896. The summed E-state index contributed by atoms with van der Waals surface area (Å²) in [6.45, 7) is 5.18. The van der Waals surface area contributed by atoms with Crippen molar-refractivity contribution in [1.29, 1.82) is 0 Å². The number of rotatable bonds is 3. The second kappa shape index (κ2) is 5.88. The maximum atomic E-state index is 12.7. The van der Waals surface area contributed by atoms with E-state index in [1.54, 1.807) is 0 Å². The Morgan fingerprint density at radius 1 is 1.10 bits per heavy atom. The van der Waals surface area contributed by atoms with Gasteiger partial charge in [-0.2, -0.15) is 0 Å². The Kier molecular flexibility index (Phi) is 4.28. The Labute approximate surface area is 127 Å². The second-order valence-electron chi connectivity index (χ2n) is 6.68. The molecule has 3 saturated heterocycles. The Morgan fingerprint density at radius 3 is 2.48 bits per heavy atom. The zero-order chi connectivity index (χ0) is 15.0. The van der Waals surface area contributed by atoms with Crippen molar-refractivity contribution in [2.75, 3.05) is 31.1 Å². The van der Waals surface area contributed by atoms with E-state index in [2.05, 4.69) is 11.8 Å². The molecule has 3 fully saturated rings. The Bertz CT molecular complexity index is 505. The maximum Gasteiger partial charge on any atom is 0.227 e. The minimum atomic E-state index is -2.98. The molecule has 0 saturated carbocycles. The van der Waals surface area contributed by atoms with Crippen LogP contribution in [0.1, 0.15) is 39.0 Å². The molecule has 0 aliphatic carbocycles. The van der Waals surface area contributed by atoms with Crippen LogP contribution in [-0.2, 0) is 14.6 Å². The third-order valence-electron chi connectivity index (χ3n) is 5.43. The lowest BCUT2D eigenvalue weighted by Gasteiger charge is -2.35. The van der Waals surface area contributed by atoms with Gasteiger partial charge in [-0.3, -0.25) is 9.69 Å². The molecule has 0 N–H and O–H groups in total. The van der Waals surface area contributed by atoms with Crippen molar-refractivity contribution in [2.45, 2.75) is 51.1 Å². The normalized spacial score (nSPS) is 36.4. The van der Waals surface area contributed by atoms with Crippen LogP contribution < -0.4 is 0 Å². The fraction of sp³-hybridized carbons (Fsp3) is 0.933. The minimum Gasteiger partial charge on any atom is -0.338 e. The molecule has 0 radical (unpaired) electrons. The standard InChI is InChI=1S/C15H26N2O3S/c1-2-16-8-3-5-13(16)14-6-4-9-17(14)15(18)12-7-10-21(19,20)11-12/h12-14H,2-11H2,1H3/t12-,13+,14-/m0/s1. The molecule has 3 aliphatic heterocycles. The van der Waals surface area contributed by atoms with E-state index in [0.29, 0.717) is 18.5 Å². The number of hydrogen-bond donors (Lipinski definition) is 0. The first-order valence-electron chi connectivity index (χ1n) is 8.27. The van der Waals surface area contributed by atoms with Crippen LogP contribution in [-0.4, -0.2) is 67.3 Å². The molecule has 21 heavy (non-hydrogen) atoms. The van der Waals surface area contributed by atoms with Gasteiger partial charge in [-0.05, 0) is 45.2 Å². The van der Waals surface area contributed by atoms with E-state index in [9.17, 15) is 13.2 Å². The summed E-state index contributed by atoms with van der Waals surface area (Å²) < 4.78 is 23.2. The van der Waals surface area contributed by atoms with E-state index in [1.807, 2.05) is 4.90 Å². The highest BCUT2D eigenvalue weighted by molar-refractivity contribution is 7.91. The van der Waals surface area contributed by atoms with Crippen LogP contribution in [0.2, 0.25) is 0 Å². The number of sulfone groups is 1. The van der Waals surface area contributed by atoms with Crippen LogP contribution in [0.5, 0.6) is 0 Å². The molecule has 6 heteroatoms. The van der Waals surface area contributed by atoms with Crippen molar-refractivity contribution < 1.29 is 13.2 Å². The lowest BCUT2D eigenvalue weighted by molar-refractivity contribution is -0.136. The molecule has 1 amide bonds. The summed E-state index contributed by atoms with van der Waals surface area (Å²) in [6, 6.07) is 0.794. The highest BCUT2D eigenvalue weighted by Gasteiger charge is 2.43. The van der Waals surface area contributed by atoms with Gasteiger partial charge < -0.3 is 4.90 Å². The first kappa shape index (κ1) is 15.3. The molecule has 120 valence electrons. The molecule has 3 heterocycles. The second-order valence-corrected chi connectivity index (χ2v) is 8.91. The molecule has 3 atom stereocenters. The number of likely N-dealkylation sites (tertiary alicyclic amines) is 2. The lowest BCUT2D eigenvalue weighted by Crippen LogP contribution is -2.49. The molecule has 0 aromatic rings. The molecule has 0 aromatic carbocycles. The van der Waals surface area contributed by atoms with Crippen LogP contribution in [0.4, 0.5) is 0 Å². The monoisotopic (exact) mass is 314 g/mol. The zero-order valence-electron chi connectivity index (χ0n) is 12.8. The van der Waals surface area contributed by atoms with Crippen LogP contribution in [0, 0.1) is 5.92 Å². The van der Waals surface area contributed by atoms with E-state index in [-0.39, 0.29) is 23.3 Å².